The Morgan fingerprint density at radius 2 is 2.16 bits per heavy atom. The van der Waals surface area contributed by atoms with E-state index in [1.807, 2.05) is 11.4 Å². The van der Waals surface area contributed by atoms with Gasteiger partial charge in [-0.15, -0.1) is 11.3 Å². The van der Waals surface area contributed by atoms with Gasteiger partial charge in [0.15, 0.2) is 0 Å². The third kappa shape index (κ3) is 2.74. The van der Waals surface area contributed by atoms with E-state index in [1.165, 1.54) is 11.3 Å². The maximum absolute atomic E-state index is 11.8. The third-order valence-corrected chi connectivity index (χ3v) is 4.21. The van der Waals surface area contributed by atoms with Crippen LogP contribution in [0.25, 0.3) is 10.2 Å². The number of ether oxygens (including phenoxy) is 1. The standard InChI is InChI=1S/C13H14N2O3S/c16-8-1-3-9(4-2-8)18-7-11-14-10-5-6-19-12(10)13(17)15-11/h5-6,9H,1-4,7H2,(H,14,15,17). The molecule has 5 nitrogen and oxygen atoms in total. The van der Waals surface area contributed by atoms with E-state index < -0.39 is 0 Å². The van der Waals surface area contributed by atoms with E-state index in [2.05, 4.69) is 9.97 Å². The van der Waals surface area contributed by atoms with Crippen LogP contribution in [0.4, 0.5) is 0 Å². The minimum absolute atomic E-state index is 0.0983. The number of carbonyl (C=O) groups is 1. The summed E-state index contributed by atoms with van der Waals surface area (Å²) in [6.45, 7) is 0.292. The molecule has 2 aromatic heterocycles. The maximum Gasteiger partial charge on any atom is 0.268 e. The van der Waals surface area contributed by atoms with Crippen molar-refractivity contribution in [3.8, 4) is 0 Å². The molecule has 100 valence electrons. The fourth-order valence-electron chi connectivity index (χ4n) is 2.27. The molecule has 19 heavy (non-hydrogen) atoms. The molecule has 1 saturated carbocycles. The summed E-state index contributed by atoms with van der Waals surface area (Å²) < 4.78 is 6.36. The average molecular weight is 278 g/mol. The zero-order chi connectivity index (χ0) is 13.2. The summed E-state index contributed by atoms with van der Waals surface area (Å²) in [4.78, 5) is 30.0. The van der Waals surface area contributed by atoms with E-state index in [1.54, 1.807) is 0 Å². The first-order chi connectivity index (χ1) is 9.22. The van der Waals surface area contributed by atoms with Gasteiger partial charge in [-0.3, -0.25) is 9.59 Å². The fraction of sp³-hybridized carbons (Fsp3) is 0.462. The molecule has 0 aromatic carbocycles. The van der Waals surface area contributed by atoms with Crippen LogP contribution in [0.15, 0.2) is 16.2 Å². The first kappa shape index (κ1) is 12.5. The summed E-state index contributed by atoms with van der Waals surface area (Å²) in [6.07, 6.45) is 2.82. The highest BCUT2D eigenvalue weighted by Gasteiger charge is 2.19. The predicted octanol–water partition coefficient (Wildman–Crippen LogP) is 2.01. The van der Waals surface area contributed by atoms with Gasteiger partial charge in [0.2, 0.25) is 0 Å². The van der Waals surface area contributed by atoms with Gasteiger partial charge in [-0.25, -0.2) is 4.98 Å². The number of nitrogens with one attached hydrogen (secondary N) is 1. The Labute approximate surface area is 113 Å². The Bertz CT molecular complexity index is 651. The number of hydrogen-bond donors (Lipinski definition) is 1. The van der Waals surface area contributed by atoms with E-state index in [9.17, 15) is 9.59 Å². The number of aromatic amines is 1. The molecular formula is C13H14N2O3S. The summed E-state index contributed by atoms with van der Waals surface area (Å²) in [5.74, 6) is 0.860. The Kier molecular flexibility index (Phi) is 3.44. The number of rotatable bonds is 3. The van der Waals surface area contributed by atoms with Gasteiger partial charge < -0.3 is 9.72 Å². The summed E-state index contributed by atoms with van der Waals surface area (Å²) in [5.41, 5.74) is 0.601. The van der Waals surface area contributed by atoms with E-state index in [-0.39, 0.29) is 11.7 Å². The lowest BCUT2D eigenvalue weighted by atomic mass is 9.96. The molecule has 2 aromatic rings. The van der Waals surface area contributed by atoms with Crippen LogP contribution in [0, 0.1) is 0 Å². The summed E-state index contributed by atoms with van der Waals surface area (Å²) >= 11 is 1.38. The molecule has 1 aliphatic rings. The van der Waals surface area contributed by atoms with Gasteiger partial charge in [0.25, 0.3) is 5.56 Å². The second kappa shape index (κ2) is 5.22. The molecule has 0 aliphatic heterocycles. The van der Waals surface area contributed by atoms with Crippen molar-refractivity contribution in [1.82, 2.24) is 9.97 Å². The highest BCUT2D eigenvalue weighted by molar-refractivity contribution is 7.17. The molecule has 0 radical (unpaired) electrons. The lowest BCUT2D eigenvalue weighted by Gasteiger charge is -2.20. The zero-order valence-electron chi connectivity index (χ0n) is 10.3. The van der Waals surface area contributed by atoms with E-state index in [0.29, 0.717) is 41.3 Å². The van der Waals surface area contributed by atoms with E-state index >= 15 is 0 Å². The maximum atomic E-state index is 11.8. The second-order valence-electron chi connectivity index (χ2n) is 4.70. The molecule has 0 bridgehead atoms. The van der Waals surface area contributed by atoms with Gasteiger partial charge in [-0.1, -0.05) is 0 Å². The number of carbonyl (C=O) groups excluding carboxylic acids is 1. The molecule has 2 heterocycles. The number of nitrogens with zero attached hydrogens (tertiary/aromatic N) is 1. The van der Waals surface area contributed by atoms with Crippen LogP contribution in [-0.4, -0.2) is 21.9 Å². The Morgan fingerprint density at radius 1 is 1.37 bits per heavy atom. The van der Waals surface area contributed by atoms with Gasteiger partial charge in [0.1, 0.15) is 22.9 Å². The molecule has 1 fully saturated rings. The predicted molar refractivity (Wildman–Crippen MR) is 72.3 cm³/mol. The van der Waals surface area contributed by atoms with Crippen molar-refractivity contribution < 1.29 is 9.53 Å². The minimum Gasteiger partial charge on any atom is -0.370 e. The Morgan fingerprint density at radius 3 is 2.95 bits per heavy atom. The van der Waals surface area contributed by atoms with Crippen LogP contribution in [0.3, 0.4) is 0 Å². The topological polar surface area (TPSA) is 72.0 Å². The van der Waals surface area contributed by atoms with Crippen molar-refractivity contribution in [2.24, 2.45) is 0 Å². The first-order valence-electron chi connectivity index (χ1n) is 6.32. The van der Waals surface area contributed by atoms with Gasteiger partial charge in [0.05, 0.1) is 11.6 Å². The summed E-state index contributed by atoms with van der Waals surface area (Å²) in [6, 6.07) is 1.83. The monoisotopic (exact) mass is 278 g/mol. The van der Waals surface area contributed by atoms with Crippen LogP contribution < -0.4 is 5.56 Å². The summed E-state index contributed by atoms with van der Waals surface area (Å²) in [5, 5.41) is 1.85. The van der Waals surface area contributed by atoms with Crippen LogP contribution in [0.5, 0.6) is 0 Å². The van der Waals surface area contributed by atoms with Gasteiger partial charge in [-0.05, 0) is 24.3 Å². The van der Waals surface area contributed by atoms with Crippen LogP contribution in [0.1, 0.15) is 31.5 Å². The van der Waals surface area contributed by atoms with Crippen molar-refractivity contribution in [3.63, 3.8) is 0 Å². The summed E-state index contributed by atoms with van der Waals surface area (Å²) in [7, 11) is 0. The molecule has 0 saturated heterocycles. The molecule has 0 unspecified atom stereocenters. The van der Waals surface area contributed by atoms with Crippen LogP contribution in [0.2, 0.25) is 0 Å². The van der Waals surface area contributed by atoms with Gasteiger partial charge in [0, 0.05) is 12.8 Å². The molecule has 1 N–H and O–H groups in total. The number of ketones is 1. The molecule has 0 atom stereocenters. The van der Waals surface area contributed by atoms with Crippen molar-refractivity contribution in [1.29, 1.82) is 0 Å². The Balaban J connectivity index is 1.68. The average Bonchev–Trinajstić information content (AvgIpc) is 2.87. The number of aromatic nitrogens is 2. The normalized spacial score (nSPS) is 17.2. The van der Waals surface area contributed by atoms with Crippen molar-refractivity contribution >= 4 is 27.3 Å². The highest BCUT2D eigenvalue weighted by atomic mass is 32.1. The number of Topliss-reactive ketones (excluding diaryl/α,β-unsaturated/α-hetero) is 1. The third-order valence-electron chi connectivity index (χ3n) is 3.31. The fourth-order valence-corrected chi connectivity index (χ4v) is 2.99. The highest BCUT2D eigenvalue weighted by Crippen LogP contribution is 2.19. The molecule has 6 heteroatoms. The van der Waals surface area contributed by atoms with Crippen LogP contribution >= 0.6 is 11.3 Å². The zero-order valence-corrected chi connectivity index (χ0v) is 11.2. The van der Waals surface area contributed by atoms with Gasteiger partial charge >= 0.3 is 0 Å². The number of H-pyrrole nitrogens is 1. The van der Waals surface area contributed by atoms with E-state index in [4.69, 9.17) is 4.74 Å². The molecule has 0 spiro atoms. The van der Waals surface area contributed by atoms with Crippen molar-refractivity contribution in [3.05, 3.63) is 27.6 Å². The first-order valence-corrected chi connectivity index (χ1v) is 7.20. The quantitative estimate of drug-likeness (QED) is 0.932. The largest absolute Gasteiger partial charge is 0.370 e. The second-order valence-corrected chi connectivity index (χ2v) is 5.61. The van der Waals surface area contributed by atoms with Crippen molar-refractivity contribution in [2.45, 2.75) is 38.4 Å². The number of hydrogen-bond acceptors (Lipinski definition) is 5. The molecule has 3 rings (SSSR count). The van der Waals surface area contributed by atoms with Gasteiger partial charge in [-0.2, -0.15) is 0 Å². The van der Waals surface area contributed by atoms with E-state index in [0.717, 1.165) is 12.8 Å². The number of thiophene rings is 1. The molecule has 0 amide bonds. The smallest absolute Gasteiger partial charge is 0.268 e. The SMILES string of the molecule is O=C1CCC(OCc2nc3ccsc3c(=O)[nH]2)CC1. The molecular weight excluding hydrogens is 264 g/mol. The Hall–Kier alpha value is -1.53. The van der Waals surface area contributed by atoms with Crippen molar-refractivity contribution in [2.75, 3.05) is 0 Å². The number of fused-ring (bicyclic) bond motifs is 1. The lowest BCUT2D eigenvalue weighted by Crippen LogP contribution is -2.22. The molecule has 1 aliphatic carbocycles. The minimum atomic E-state index is -0.113. The van der Waals surface area contributed by atoms with Crippen LogP contribution in [-0.2, 0) is 16.1 Å². The lowest BCUT2D eigenvalue weighted by molar-refractivity contribution is -0.123.